The summed E-state index contributed by atoms with van der Waals surface area (Å²) in [5, 5.41) is 7.32. The Morgan fingerprint density at radius 2 is 1.89 bits per heavy atom. The Labute approximate surface area is 210 Å². The van der Waals surface area contributed by atoms with Gasteiger partial charge in [-0.05, 0) is 23.8 Å². The van der Waals surface area contributed by atoms with Crippen molar-refractivity contribution in [1.29, 1.82) is 0 Å². The van der Waals surface area contributed by atoms with Crippen LogP contribution in [0.1, 0.15) is 21.6 Å². The SMILES string of the molecule is NC(=O)c1nn(CC(=O)N(CC(=O)NCc2cccc(Cl)c2F)Cc2cccnc2)c2ccccc12. The van der Waals surface area contributed by atoms with Gasteiger partial charge in [-0.15, -0.1) is 0 Å². The first-order valence-corrected chi connectivity index (χ1v) is 11.3. The summed E-state index contributed by atoms with van der Waals surface area (Å²) in [5.74, 6) is -2.24. The Bertz CT molecular complexity index is 1430. The van der Waals surface area contributed by atoms with Crippen LogP contribution in [0, 0.1) is 5.82 Å². The molecule has 0 unspecified atom stereocenters. The average molecular weight is 509 g/mol. The van der Waals surface area contributed by atoms with Crippen LogP contribution in [0.5, 0.6) is 0 Å². The highest BCUT2D eigenvalue weighted by Gasteiger charge is 2.22. The van der Waals surface area contributed by atoms with E-state index in [0.29, 0.717) is 16.5 Å². The van der Waals surface area contributed by atoms with Crippen LogP contribution in [0.3, 0.4) is 0 Å². The van der Waals surface area contributed by atoms with Crippen molar-refractivity contribution in [3.63, 3.8) is 0 Å². The van der Waals surface area contributed by atoms with Crippen LogP contribution in [-0.4, -0.2) is 43.9 Å². The van der Waals surface area contributed by atoms with Crippen LogP contribution >= 0.6 is 11.6 Å². The number of aromatic nitrogens is 3. The van der Waals surface area contributed by atoms with E-state index in [2.05, 4.69) is 15.4 Å². The molecule has 0 bridgehead atoms. The quantitative estimate of drug-likeness (QED) is 0.360. The highest BCUT2D eigenvalue weighted by Crippen LogP contribution is 2.19. The molecule has 4 aromatic rings. The first-order chi connectivity index (χ1) is 17.3. The first kappa shape index (κ1) is 24.8. The molecule has 2 heterocycles. The fourth-order valence-corrected chi connectivity index (χ4v) is 3.90. The molecule has 0 aliphatic heterocycles. The summed E-state index contributed by atoms with van der Waals surface area (Å²) < 4.78 is 15.5. The number of benzene rings is 2. The number of carbonyl (C=O) groups is 3. The van der Waals surface area contributed by atoms with Crippen molar-refractivity contribution in [1.82, 2.24) is 25.0 Å². The highest BCUT2D eigenvalue weighted by atomic mass is 35.5. The number of rotatable bonds is 9. The minimum absolute atomic E-state index is 0.0445. The van der Waals surface area contributed by atoms with Crippen molar-refractivity contribution in [3.05, 3.63) is 94.7 Å². The third-order valence-electron chi connectivity index (χ3n) is 5.47. The fourth-order valence-electron chi connectivity index (χ4n) is 3.71. The molecule has 4 rings (SSSR count). The maximum absolute atomic E-state index is 14.2. The van der Waals surface area contributed by atoms with E-state index in [1.165, 1.54) is 21.7 Å². The van der Waals surface area contributed by atoms with E-state index in [4.69, 9.17) is 17.3 Å². The van der Waals surface area contributed by atoms with Gasteiger partial charge in [-0.25, -0.2) is 4.39 Å². The topological polar surface area (TPSA) is 123 Å². The van der Waals surface area contributed by atoms with Gasteiger partial charge in [0.05, 0.1) is 17.1 Å². The Kier molecular flexibility index (Phi) is 7.55. The number of fused-ring (bicyclic) bond motifs is 1. The fraction of sp³-hybridized carbons (Fsp3) is 0.160. The lowest BCUT2D eigenvalue weighted by molar-refractivity contribution is -0.137. The minimum Gasteiger partial charge on any atom is -0.364 e. The number of amides is 3. The molecule has 2 aromatic heterocycles. The van der Waals surface area contributed by atoms with Crippen molar-refractivity contribution >= 4 is 40.2 Å². The van der Waals surface area contributed by atoms with Gasteiger partial charge in [0.15, 0.2) is 5.69 Å². The lowest BCUT2D eigenvalue weighted by atomic mass is 10.2. The van der Waals surface area contributed by atoms with E-state index in [0.717, 1.165) is 0 Å². The van der Waals surface area contributed by atoms with Gasteiger partial charge >= 0.3 is 0 Å². The van der Waals surface area contributed by atoms with Crippen molar-refractivity contribution in [2.75, 3.05) is 6.54 Å². The lowest BCUT2D eigenvalue weighted by Gasteiger charge is -2.22. The summed E-state index contributed by atoms with van der Waals surface area (Å²) in [6, 6.07) is 14.9. The monoisotopic (exact) mass is 508 g/mol. The molecule has 9 nitrogen and oxygen atoms in total. The number of hydrogen-bond acceptors (Lipinski definition) is 5. The summed E-state index contributed by atoms with van der Waals surface area (Å²) in [5.41, 5.74) is 7.00. The van der Waals surface area contributed by atoms with Crippen molar-refractivity contribution < 1.29 is 18.8 Å². The van der Waals surface area contributed by atoms with Crippen LogP contribution in [0.25, 0.3) is 10.9 Å². The number of primary amides is 1. The Morgan fingerprint density at radius 1 is 1.08 bits per heavy atom. The number of carbonyl (C=O) groups excluding carboxylic acids is 3. The van der Waals surface area contributed by atoms with E-state index in [1.54, 1.807) is 54.9 Å². The maximum atomic E-state index is 14.2. The molecule has 3 amide bonds. The Hall–Kier alpha value is -4.31. The number of pyridine rings is 1. The second-order valence-electron chi connectivity index (χ2n) is 7.99. The number of nitrogens with zero attached hydrogens (tertiary/aromatic N) is 4. The molecule has 0 aliphatic rings. The first-order valence-electron chi connectivity index (χ1n) is 10.9. The molecule has 0 fully saturated rings. The number of nitrogens with one attached hydrogen (secondary N) is 1. The molecular formula is C25H22ClFN6O3. The summed E-state index contributed by atoms with van der Waals surface area (Å²) in [7, 11) is 0. The molecule has 2 aromatic carbocycles. The van der Waals surface area contributed by atoms with Crippen LogP contribution in [0.4, 0.5) is 4.39 Å². The molecule has 184 valence electrons. The molecule has 0 radical (unpaired) electrons. The molecule has 3 N–H and O–H groups in total. The lowest BCUT2D eigenvalue weighted by Crippen LogP contribution is -2.41. The zero-order valence-electron chi connectivity index (χ0n) is 19.0. The highest BCUT2D eigenvalue weighted by molar-refractivity contribution is 6.30. The van der Waals surface area contributed by atoms with E-state index in [-0.39, 0.29) is 42.5 Å². The van der Waals surface area contributed by atoms with Gasteiger partial charge < -0.3 is 16.0 Å². The van der Waals surface area contributed by atoms with Crippen LogP contribution < -0.4 is 11.1 Å². The average Bonchev–Trinajstić information content (AvgIpc) is 3.24. The number of halogens is 2. The molecule has 0 saturated heterocycles. The summed E-state index contributed by atoms with van der Waals surface area (Å²) in [6.07, 6.45) is 3.19. The van der Waals surface area contributed by atoms with Gasteiger partial charge in [-0.3, -0.25) is 24.0 Å². The number of nitrogens with two attached hydrogens (primary N) is 1. The molecule has 0 aliphatic carbocycles. The van der Waals surface area contributed by atoms with E-state index >= 15 is 0 Å². The Balaban J connectivity index is 1.53. The minimum atomic E-state index is -0.711. The zero-order chi connectivity index (χ0) is 25.7. The van der Waals surface area contributed by atoms with Gasteiger partial charge in [0.2, 0.25) is 11.8 Å². The third-order valence-corrected chi connectivity index (χ3v) is 5.76. The Morgan fingerprint density at radius 3 is 2.64 bits per heavy atom. The van der Waals surface area contributed by atoms with E-state index < -0.39 is 23.5 Å². The second kappa shape index (κ2) is 11.0. The summed E-state index contributed by atoms with van der Waals surface area (Å²) in [6.45, 7) is -0.512. The zero-order valence-corrected chi connectivity index (χ0v) is 19.8. The molecule has 0 spiro atoms. The normalized spacial score (nSPS) is 10.8. The van der Waals surface area contributed by atoms with E-state index in [1.807, 2.05) is 0 Å². The van der Waals surface area contributed by atoms with Gasteiger partial charge in [-0.1, -0.05) is 48.0 Å². The van der Waals surface area contributed by atoms with Crippen molar-refractivity contribution in [2.45, 2.75) is 19.6 Å². The maximum Gasteiger partial charge on any atom is 0.269 e. The second-order valence-corrected chi connectivity index (χ2v) is 8.40. The van der Waals surface area contributed by atoms with Gasteiger partial charge in [0, 0.05) is 36.4 Å². The predicted molar refractivity (Wildman–Crippen MR) is 131 cm³/mol. The molecule has 0 saturated carbocycles. The third kappa shape index (κ3) is 5.66. The number of hydrogen-bond donors (Lipinski definition) is 2. The molecular weight excluding hydrogens is 487 g/mol. The molecule has 11 heteroatoms. The van der Waals surface area contributed by atoms with Crippen LogP contribution in [-0.2, 0) is 29.2 Å². The molecule has 36 heavy (non-hydrogen) atoms. The van der Waals surface area contributed by atoms with Gasteiger partial charge in [-0.2, -0.15) is 5.10 Å². The summed E-state index contributed by atoms with van der Waals surface area (Å²) >= 11 is 5.80. The van der Waals surface area contributed by atoms with Gasteiger partial charge in [0.1, 0.15) is 12.4 Å². The summed E-state index contributed by atoms with van der Waals surface area (Å²) in [4.78, 5) is 43.3. The van der Waals surface area contributed by atoms with Crippen LogP contribution in [0.15, 0.2) is 67.0 Å². The largest absolute Gasteiger partial charge is 0.364 e. The molecule has 0 atom stereocenters. The van der Waals surface area contributed by atoms with E-state index in [9.17, 15) is 18.8 Å². The smallest absolute Gasteiger partial charge is 0.269 e. The van der Waals surface area contributed by atoms with Gasteiger partial charge in [0.25, 0.3) is 5.91 Å². The number of para-hydroxylation sites is 1. The standard InChI is InChI=1S/C25H22ClFN6O3/c26-19-8-3-6-17(23(19)27)12-30-21(34)14-32(13-16-5-4-10-29-11-16)22(35)15-33-20-9-2-1-7-18(20)24(31-33)25(28)36/h1-11H,12-15H2,(H2,28,36)(H,30,34). The predicted octanol–water partition coefficient (Wildman–Crippen LogP) is 2.67. The van der Waals surface area contributed by atoms with Crippen molar-refractivity contribution in [2.24, 2.45) is 5.73 Å². The van der Waals surface area contributed by atoms with Crippen molar-refractivity contribution in [3.8, 4) is 0 Å². The van der Waals surface area contributed by atoms with Crippen LogP contribution in [0.2, 0.25) is 5.02 Å².